The standard InChI is InChI=1S/C29H33ClN4O3S/c1-3-17-36-22-15-13-20(14-16-22)26-25(27(35)37-23-10-5-4-6-11-23)19(2)31-28-32-29(33-34(26)28)38-18-21-9-7-8-12-24(21)30/h7-9,12-16,23,26H,3-6,10-11,17-18H2,1-2H3,(H,31,32,33). The van der Waals surface area contributed by atoms with Gasteiger partial charge in [-0.25, -0.2) is 9.48 Å². The molecule has 0 bridgehead atoms. The topological polar surface area (TPSA) is 78.3 Å². The van der Waals surface area contributed by atoms with Gasteiger partial charge in [-0.2, -0.15) is 4.98 Å². The van der Waals surface area contributed by atoms with Gasteiger partial charge in [-0.1, -0.05) is 67.0 Å². The Kier molecular flexibility index (Phi) is 8.59. The molecule has 9 heteroatoms. The summed E-state index contributed by atoms with van der Waals surface area (Å²) in [6.07, 6.45) is 6.11. The van der Waals surface area contributed by atoms with Gasteiger partial charge in [-0.15, -0.1) is 5.10 Å². The van der Waals surface area contributed by atoms with Crippen molar-refractivity contribution in [3.05, 3.63) is 76.0 Å². The molecule has 2 aromatic carbocycles. The van der Waals surface area contributed by atoms with Crippen molar-refractivity contribution in [2.75, 3.05) is 11.9 Å². The first-order chi connectivity index (χ1) is 18.5. The molecule has 1 aromatic heterocycles. The molecule has 1 aliphatic heterocycles. The van der Waals surface area contributed by atoms with Crippen molar-refractivity contribution in [3.8, 4) is 5.75 Å². The molecule has 1 atom stereocenters. The Morgan fingerprint density at radius 1 is 1.13 bits per heavy atom. The van der Waals surface area contributed by atoms with Gasteiger partial charge < -0.3 is 14.8 Å². The van der Waals surface area contributed by atoms with Crippen LogP contribution in [0.1, 0.15) is 69.5 Å². The fraction of sp³-hybridized carbons (Fsp3) is 0.414. The molecule has 0 radical (unpaired) electrons. The molecule has 1 N–H and O–H groups in total. The number of hydrogen-bond acceptors (Lipinski definition) is 7. The second-order valence-corrected chi connectivity index (χ2v) is 11.0. The Balaban J connectivity index is 1.45. The van der Waals surface area contributed by atoms with E-state index in [2.05, 4.69) is 12.2 Å². The van der Waals surface area contributed by atoms with Crippen LogP contribution < -0.4 is 10.1 Å². The summed E-state index contributed by atoms with van der Waals surface area (Å²) in [7, 11) is 0. The molecule has 2 heterocycles. The maximum absolute atomic E-state index is 13.6. The van der Waals surface area contributed by atoms with Crippen molar-refractivity contribution in [2.45, 2.75) is 75.4 Å². The van der Waals surface area contributed by atoms with E-state index in [9.17, 15) is 4.79 Å². The van der Waals surface area contributed by atoms with Gasteiger partial charge in [0.15, 0.2) is 0 Å². The lowest BCUT2D eigenvalue weighted by Crippen LogP contribution is -2.32. The molecule has 38 heavy (non-hydrogen) atoms. The van der Waals surface area contributed by atoms with Crippen molar-refractivity contribution in [1.82, 2.24) is 14.8 Å². The number of thioether (sulfide) groups is 1. The zero-order chi connectivity index (χ0) is 26.5. The molecule has 7 nitrogen and oxygen atoms in total. The highest BCUT2D eigenvalue weighted by Crippen LogP contribution is 2.38. The van der Waals surface area contributed by atoms with Gasteiger partial charge in [-0.05, 0) is 68.4 Å². The first kappa shape index (κ1) is 26.6. The fourth-order valence-electron chi connectivity index (χ4n) is 4.89. The Morgan fingerprint density at radius 3 is 2.63 bits per heavy atom. The number of fused-ring (bicyclic) bond motifs is 1. The zero-order valence-corrected chi connectivity index (χ0v) is 23.4. The van der Waals surface area contributed by atoms with Crippen molar-refractivity contribution in [2.24, 2.45) is 0 Å². The number of carbonyl (C=O) groups is 1. The summed E-state index contributed by atoms with van der Waals surface area (Å²) in [5.74, 6) is 1.73. The molecule has 1 saturated carbocycles. The van der Waals surface area contributed by atoms with Crippen LogP contribution in [0.2, 0.25) is 5.02 Å². The van der Waals surface area contributed by atoms with Crippen LogP contribution in [0.15, 0.2) is 65.0 Å². The minimum atomic E-state index is -0.468. The number of nitrogens with zero attached hydrogens (tertiary/aromatic N) is 3. The highest BCUT2D eigenvalue weighted by atomic mass is 35.5. The Bertz CT molecular complexity index is 1300. The SMILES string of the molecule is CCCOc1ccc(C2C(C(=O)OC3CCCCC3)=C(C)Nc3nc(SCc4ccccc4Cl)nn32)cc1. The third-order valence-electron chi connectivity index (χ3n) is 6.86. The van der Waals surface area contributed by atoms with E-state index in [0.717, 1.165) is 59.7 Å². The van der Waals surface area contributed by atoms with Crippen LogP contribution in [-0.4, -0.2) is 33.4 Å². The number of halogens is 1. The second kappa shape index (κ2) is 12.3. The lowest BCUT2D eigenvalue weighted by Gasteiger charge is -2.30. The van der Waals surface area contributed by atoms with E-state index < -0.39 is 6.04 Å². The van der Waals surface area contributed by atoms with Crippen molar-refractivity contribution < 1.29 is 14.3 Å². The average Bonchev–Trinajstić information content (AvgIpc) is 3.34. The van der Waals surface area contributed by atoms with E-state index in [1.807, 2.05) is 55.5 Å². The van der Waals surface area contributed by atoms with Gasteiger partial charge in [0.25, 0.3) is 0 Å². The molecule has 200 valence electrons. The van der Waals surface area contributed by atoms with E-state index in [0.29, 0.717) is 29.0 Å². The monoisotopic (exact) mass is 552 g/mol. The third-order valence-corrected chi connectivity index (χ3v) is 8.12. The Hall–Kier alpha value is -2.97. The molecule has 0 saturated heterocycles. The molecule has 0 amide bonds. The molecule has 2 aliphatic rings. The Morgan fingerprint density at radius 2 is 1.89 bits per heavy atom. The number of aromatic nitrogens is 3. The van der Waals surface area contributed by atoms with Crippen LogP contribution in [0.25, 0.3) is 0 Å². The van der Waals surface area contributed by atoms with Gasteiger partial charge in [0, 0.05) is 16.5 Å². The lowest BCUT2D eigenvalue weighted by molar-refractivity contribution is -0.146. The van der Waals surface area contributed by atoms with Crippen LogP contribution in [0.4, 0.5) is 5.95 Å². The summed E-state index contributed by atoms with van der Waals surface area (Å²) in [6, 6.07) is 15.2. The predicted molar refractivity (Wildman–Crippen MR) is 151 cm³/mol. The number of allylic oxidation sites excluding steroid dienone is 1. The highest BCUT2D eigenvalue weighted by molar-refractivity contribution is 7.98. The van der Waals surface area contributed by atoms with E-state index in [-0.39, 0.29) is 12.1 Å². The van der Waals surface area contributed by atoms with Gasteiger partial charge >= 0.3 is 5.97 Å². The van der Waals surface area contributed by atoms with E-state index in [1.54, 1.807) is 4.68 Å². The van der Waals surface area contributed by atoms with Crippen LogP contribution in [0, 0.1) is 0 Å². The molecular formula is C29H33ClN4O3S. The molecular weight excluding hydrogens is 520 g/mol. The number of rotatable bonds is 9. The summed E-state index contributed by atoms with van der Waals surface area (Å²) in [6.45, 7) is 4.64. The van der Waals surface area contributed by atoms with Gasteiger partial charge in [0.1, 0.15) is 17.9 Å². The summed E-state index contributed by atoms with van der Waals surface area (Å²) in [4.78, 5) is 18.3. The molecule has 1 aliphatic carbocycles. The molecule has 0 spiro atoms. The van der Waals surface area contributed by atoms with Gasteiger partial charge in [0.05, 0.1) is 12.2 Å². The third kappa shape index (κ3) is 6.02. The van der Waals surface area contributed by atoms with E-state index in [4.69, 9.17) is 31.2 Å². The first-order valence-corrected chi connectivity index (χ1v) is 14.6. The zero-order valence-electron chi connectivity index (χ0n) is 21.8. The van der Waals surface area contributed by atoms with Crippen molar-refractivity contribution in [3.63, 3.8) is 0 Å². The normalized spacial score (nSPS) is 17.6. The van der Waals surface area contributed by atoms with Gasteiger partial charge in [0.2, 0.25) is 11.1 Å². The number of benzene rings is 2. The minimum absolute atomic E-state index is 0.0408. The number of ether oxygens (including phenoxy) is 2. The highest BCUT2D eigenvalue weighted by Gasteiger charge is 2.36. The summed E-state index contributed by atoms with van der Waals surface area (Å²) in [5.41, 5.74) is 3.21. The molecule has 3 aromatic rings. The quantitative estimate of drug-likeness (QED) is 0.222. The van der Waals surface area contributed by atoms with E-state index >= 15 is 0 Å². The average molecular weight is 553 g/mol. The van der Waals surface area contributed by atoms with Gasteiger partial charge in [-0.3, -0.25) is 0 Å². The van der Waals surface area contributed by atoms with Crippen molar-refractivity contribution in [1.29, 1.82) is 0 Å². The second-order valence-electron chi connectivity index (χ2n) is 9.69. The smallest absolute Gasteiger partial charge is 0.338 e. The summed E-state index contributed by atoms with van der Waals surface area (Å²) < 4.78 is 13.6. The maximum atomic E-state index is 13.6. The number of anilines is 1. The number of esters is 1. The first-order valence-electron chi connectivity index (χ1n) is 13.3. The number of hydrogen-bond donors (Lipinski definition) is 1. The molecule has 1 unspecified atom stereocenters. The predicted octanol–water partition coefficient (Wildman–Crippen LogP) is 7.18. The lowest BCUT2D eigenvalue weighted by atomic mass is 9.95. The fourth-order valence-corrected chi connectivity index (χ4v) is 6.00. The number of carbonyl (C=O) groups excluding carboxylic acids is 1. The summed E-state index contributed by atoms with van der Waals surface area (Å²) >= 11 is 7.86. The molecule has 1 fully saturated rings. The van der Waals surface area contributed by atoms with E-state index in [1.165, 1.54) is 18.2 Å². The van der Waals surface area contributed by atoms with Crippen LogP contribution in [-0.2, 0) is 15.3 Å². The van der Waals surface area contributed by atoms with Crippen LogP contribution >= 0.6 is 23.4 Å². The Labute approximate surface area is 233 Å². The molecule has 5 rings (SSSR count). The largest absolute Gasteiger partial charge is 0.494 e. The maximum Gasteiger partial charge on any atom is 0.338 e. The van der Waals surface area contributed by atoms with Crippen LogP contribution in [0.5, 0.6) is 5.75 Å². The summed E-state index contributed by atoms with van der Waals surface area (Å²) in [5, 5.41) is 9.45. The van der Waals surface area contributed by atoms with Crippen molar-refractivity contribution >= 4 is 35.3 Å². The minimum Gasteiger partial charge on any atom is -0.494 e. The van der Waals surface area contributed by atoms with Crippen LogP contribution in [0.3, 0.4) is 0 Å². The number of nitrogens with one attached hydrogen (secondary N) is 1.